The molecular formula is C26H26N2. The molecule has 1 aliphatic rings. The van der Waals surface area contributed by atoms with Crippen molar-refractivity contribution >= 4 is 17.0 Å². The minimum absolute atomic E-state index is 0.143. The number of nitrogens with zero attached hydrogens (tertiary/aromatic N) is 1. The minimum atomic E-state index is 0.143. The number of benzene rings is 2. The van der Waals surface area contributed by atoms with Gasteiger partial charge in [0.1, 0.15) is 0 Å². The standard InChI is InChI=1S/C26H26N2/c1-4-5-17-24-19(2)12-11-16-23-22-15-9-10-18-25(22)28(26(23)20(3)27-24)21-13-7-6-8-14-21/h4-11,13-18,20,27H,1,12H2,2-3H3/b16-11-,17-5-,24-19-. The molecule has 2 nitrogen and oxygen atoms in total. The van der Waals surface area contributed by atoms with Gasteiger partial charge in [0.2, 0.25) is 0 Å². The van der Waals surface area contributed by atoms with E-state index in [2.05, 4.69) is 103 Å². The van der Waals surface area contributed by atoms with Gasteiger partial charge in [-0.3, -0.25) is 0 Å². The van der Waals surface area contributed by atoms with Crippen molar-refractivity contribution in [3.8, 4) is 5.69 Å². The summed E-state index contributed by atoms with van der Waals surface area (Å²) in [5, 5.41) is 5.04. The van der Waals surface area contributed by atoms with E-state index in [0.717, 1.165) is 12.1 Å². The van der Waals surface area contributed by atoms with Crippen LogP contribution in [0.25, 0.3) is 22.7 Å². The van der Waals surface area contributed by atoms with Gasteiger partial charge in [-0.2, -0.15) is 0 Å². The Labute approximate surface area is 167 Å². The molecule has 0 radical (unpaired) electrons. The Hall–Kier alpha value is -3.26. The highest BCUT2D eigenvalue weighted by molar-refractivity contribution is 5.93. The van der Waals surface area contributed by atoms with Crippen molar-refractivity contribution in [1.29, 1.82) is 0 Å². The first-order valence-electron chi connectivity index (χ1n) is 9.81. The van der Waals surface area contributed by atoms with Gasteiger partial charge in [-0.15, -0.1) is 0 Å². The van der Waals surface area contributed by atoms with Crippen molar-refractivity contribution in [2.75, 3.05) is 0 Å². The van der Waals surface area contributed by atoms with Gasteiger partial charge in [-0.25, -0.2) is 0 Å². The predicted molar refractivity (Wildman–Crippen MR) is 121 cm³/mol. The third kappa shape index (κ3) is 3.22. The first-order valence-corrected chi connectivity index (χ1v) is 9.81. The zero-order valence-corrected chi connectivity index (χ0v) is 16.5. The predicted octanol–water partition coefficient (Wildman–Crippen LogP) is 6.71. The number of rotatable bonds is 3. The third-order valence-corrected chi connectivity index (χ3v) is 5.32. The van der Waals surface area contributed by atoms with Gasteiger partial charge in [-0.1, -0.05) is 67.3 Å². The van der Waals surface area contributed by atoms with E-state index < -0.39 is 0 Å². The fourth-order valence-electron chi connectivity index (χ4n) is 3.98. The maximum absolute atomic E-state index is 3.81. The summed E-state index contributed by atoms with van der Waals surface area (Å²) < 4.78 is 2.39. The second kappa shape index (κ2) is 7.77. The second-order valence-corrected chi connectivity index (χ2v) is 7.25. The highest BCUT2D eigenvalue weighted by Gasteiger charge is 2.22. The lowest BCUT2D eigenvalue weighted by atomic mass is 10.1. The summed E-state index contributed by atoms with van der Waals surface area (Å²) in [6, 6.07) is 19.4. The molecule has 2 heterocycles. The molecule has 28 heavy (non-hydrogen) atoms. The van der Waals surface area contributed by atoms with Crippen LogP contribution in [0, 0.1) is 0 Å². The van der Waals surface area contributed by atoms with Crippen LogP contribution in [-0.4, -0.2) is 4.57 Å². The van der Waals surface area contributed by atoms with Crippen LogP contribution in [-0.2, 0) is 0 Å². The molecular weight excluding hydrogens is 340 g/mol. The molecule has 1 aromatic heterocycles. The van der Waals surface area contributed by atoms with E-state index in [1.165, 1.54) is 33.4 Å². The topological polar surface area (TPSA) is 17.0 Å². The molecule has 140 valence electrons. The van der Waals surface area contributed by atoms with E-state index in [1.54, 1.807) is 0 Å². The molecule has 2 aromatic carbocycles. The quantitative estimate of drug-likeness (QED) is 0.509. The van der Waals surface area contributed by atoms with Crippen LogP contribution in [0.3, 0.4) is 0 Å². The summed E-state index contributed by atoms with van der Waals surface area (Å²) in [4.78, 5) is 0. The maximum atomic E-state index is 3.81. The zero-order chi connectivity index (χ0) is 19.5. The maximum Gasteiger partial charge on any atom is 0.0647 e. The molecule has 0 aliphatic carbocycles. The zero-order valence-electron chi connectivity index (χ0n) is 16.5. The first kappa shape index (κ1) is 18.1. The Bertz CT molecular complexity index is 1090. The molecule has 0 saturated carbocycles. The average molecular weight is 367 g/mol. The van der Waals surface area contributed by atoms with Gasteiger partial charge in [0, 0.05) is 22.3 Å². The molecule has 4 rings (SSSR count). The number of para-hydroxylation sites is 2. The van der Waals surface area contributed by atoms with Crippen LogP contribution in [0.4, 0.5) is 0 Å². The van der Waals surface area contributed by atoms with E-state index >= 15 is 0 Å². The normalized spacial score (nSPS) is 20.9. The number of hydrogen-bond acceptors (Lipinski definition) is 1. The minimum Gasteiger partial charge on any atom is -0.377 e. The molecule has 0 spiro atoms. The summed E-state index contributed by atoms with van der Waals surface area (Å²) in [5.41, 5.74) is 7.48. The number of allylic oxidation sites excluding steroid dienone is 5. The van der Waals surface area contributed by atoms with Gasteiger partial charge in [-0.05, 0) is 50.1 Å². The highest BCUT2D eigenvalue weighted by Crippen LogP contribution is 2.35. The van der Waals surface area contributed by atoms with Crippen molar-refractivity contribution in [2.24, 2.45) is 0 Å². The summed E-state index contributed by atoms with van der Waals surface area (Å²) in [7, 11) is 0. The molecule has 1 aliphatic heterocycles. The molecule has 0 bridgehead atoms. The average Bonchev–Trinajstić information content (AvgIpc) is 3.07. The Morgan fingerprint density at radius 1 is 1.07 bits per heavy atom. The molecule has 1 N–H and O–H groups in total. The first-order chi connectivity index (χ1) is 13.7. The smallest absolute Gasteiger partial charge is 0.0647 e. The van der Waals surface area contributed by atoms with E-state index in [0.29, 0.717) is 0 Å². The number of nitrogens with one attached hydrogen (secondary N) is 1. The fraction of sp³-hybridized carbons (Fsp3) is 0.154. The Morgan fingerprint density at radius 3 is 2.61 bits per heavy atom. The lowest BCUT2D eigenvalue weighted by Crippen LogP contribution is -2.21. The van der Waals surface area contributed by atoms with Crippen LogP contribution in [0.1, 0.15) is 37.6 Å². The van der Waals surface area contributed by atoms with E-state index in [9.17, 15) is 0 Å². The van der Waals surface area contributed by atoms with Crippen LogP contribution in [0.15, 0.2) is 96.8 Å². The van der Waals surface area contributed by atoms with E-state index in [4.69, 9.17) is 0 Å². The largest absolute Gasteiger partial charge is 0.377 e. The van der Waals surface area contributed by atoms with Crippen molar-refractivity contribution < 1.29 is 0 Å². The summed E-state index contributed by atoms with van der Waals surface area (Å²) in [5.74, 6) is 0. The van der Waals surface area contributed by atoms with Crippen molar-refractivity contribution in [1.82, 2.24) is 9.88 Å². The Balaban J connectivity index is 1.97. The van der Waals surface area contributed by atoms with Crippen LogP contribution in [0.2, 0.25) is 0 Å². The summed E-state index contributed by atoms with van der Waals surface area (Å²) in [6.07, 6.45) is 11.4. The van der Waals surface area contributed by atoms with Crippen LogP contribution in [0.5, 0.6) is 0 Å². The number of hydrogen-bond donors (Lipinski definition) is 1. The van der Waals surface area contributed by atoms with Gasteiger partial charge < -0.3 is 9.88 Å². The van der Waals surface area contributed by atoms with Gasteiger partial charge in [0.05, 0.1) is 17.3 Å². The molecule has 0 amide bonds. The SMILES string of the molecule is C=C/C=C\C1=C(/C)C/C=C\c2c(n(-c3ccccc3)c3ccccc23)C(C)N1. The van der Waals surface area contributed by atoms with Crippen molar-refractivity contribution in [3.05, 3.63) is 108 Å². The second-order valence-electron chi connectivity index (χ2n) is 7.25. The van der Waals surface area contributed by atoms with Crippen LogP contribution >= 0.6 is 0 Å². The lowest BCUT2D eigenvalue weighted by Gasteiger charge is -2.21. The molecule has 0 saturated heterocycles. The van der Waals surface area contributed by atoms with E-state index in [-0.39, 0.29) is 6.04 Å². The van der Waals surface area contributed by atoms with Gasteiger partial charge >= 0.3 is 0 Å². The summed E-state index contributed by atoms with van der Waals surface area (Å²) in [6.45, 7) is 8.24. The Kier molecular flexibility index (Phi) is 5.03. The van der Waals surface area contributed by atoms with Gasteiger partial charge in [0.15, 0.2) is 0 Å². The monoisotopic (exact) mass is 366 g/mol. The molecule has 2 heteroatoms. The fourth-order valence-corrected chi connectivity index (χ4v) is 3.98. The molecule has 1 atom stereocenters. The molecule has 1 unspecified atom stereocenters. The Morgan fingerprint density at radius 2 is 1.82 bits per heavy atom. The van der Waals surface area contributed by atoms with Gasteiger partial charge in [0.25, 0.3) is 0 Å². The number of aromatic nitrogens is 1. The van der Waals surface area contributed by atoms with E-state index in [1.807, 2.05) is 12.2 Å². The summed E-state index contributed by atoms with van der Waals surface area (Å²) >= 11 is 0. The van der Waals surface area contributed by atoms with Crippen LogP contribution < -0.4 is 5.32 Å². The lowest BCUT2D eigenvalue weighted by molar-refractivity contribution is 0.629. The number of fused-ring (bicyclic) bond motifs is 3. The molecule has 3 aromatic rings. The molecule has 0 fully saturated rings. The van der Waals surface area contributed by atoms with Crippen molar-refractivity contribution in [2.45, 2.75) is 26.3 Å². The van der Waals surface area contributed by atoms with Crippen molar-refractivity contribution in [3.63, 3.8) is 0 Å². The highest BCUT2D eigenvalue weighted by atomic mass is 15.1. The third-order valence-electron chi connectivity index (χ3n) is 5.32.